The zero-order chi connectivity index (χ0) is 72.0. The third-order valence-electron chi connectivity index (χ3n) is 15.4. The summed E-state index contributed by atoms with van der Waals surface area (Å²) in [5, 5.41) is 20.2. The number of benzene rings is 3. The van der Waals surface area contributed by atoms with Crippen molar-refractivity contribution in [3.8, 4) is 0 Å². The molecule has 558 valence electrons. The molecule has 100 heavy (non-hydrogen) atoms. The molecule has 0 heterocycles. The van der Waals surface area contributed by atoms with Crippen LogP contribution in [0, 0.1) is 0 Å². The molecule has 0 aliphatic rings. The van der Waals surface area contributed by atoms with Crippen molar-refractivity contribution < 1.29 is 90.6 Å². The van der Waals surface area contributed by atoms with Gasteiger partial charge < -0.3 is 79.8 Å². The zero-order valence-corrected chi connectivity index (χ0v) is 59.0. The van der Waals surface area contributed by atoms with Crippen molar-refractivity contribution in [3.63, 3.8) is 0 Å². The fourth-order valence-electron chi connectivity index (χ4n) is 9.71. The van der Waals surface area contributed by atoms with E-state index < -0.39 is 24.0 Å². The molecule has 0 radical (unpaired) electrons. The highest BCUT2D eigenvalue weighted by Gasteiger charge is 2.34. The van der Waals surface area contributed by atoms with Crippen molar-refractivity contribution in [2.75, 3.05) is 98.7 Å². The highest BCUT2D eigenvalue weighted by Crippen LogP contribution is 2.15. The van der Waals surface area contributed by atoms with Crippen molar-refractivity contribution in [3.05, 3.63) is 108 Å². The molecule has 0 fully saturated rings. The summed E-state index contributed by atoms with van der Waals surface area (Å²) in [7, 11) is 0. The third-order valence-corrected chi connectivity index (χ3v) is 15.4. The first-order valence-corrected chi connectivity index (χ1v) is 35.9. The van der Waals surface area contributed by atoms with E-state index in [0.29, 0.717) is 110 Å². The summed E-state index contributed by atoms with van der Waals surface area (Å²) >= 11 is 0. The average molecular weight is 1400 g/mol. The van der Waals surface area contributed by atoms with E-state index in [9.17, 15) is 47.9 Å². The number of rotatable bonds is 60. The molecule has 7 amide bonds. The minimum atomic E-state index is -1.30. The molecule has 3 rings (SSSR count). The van der Waals surface area contributed by atoms with Crippen molar-refractivity contribution in [1.29, 1.82) is 0 Å². The normalized spacial score (nSPS) is 10.9. The minimum Gasteiger partial charge on any atom is -0.434 e. The molecule has 3 aromatic carbocycles. The predicted octanol–water partition coefficient (Wildman–Crippen LogP) is 9.81. The van der Waals surface area contributed by atoms with E-state index >= 15 is 0 Å². The predicted molar refractivity (Wildman–Crippen MR) is 375 cm³/mol. The second kappa shape index (κ2) is 58.4. The minimum absolute atomic E-state index is 0.000896. The lowest BCUT2D eigenvalue weighted by atomic mass is 10.0. The Labute approximate surface area is 590 Å². The van der Waals surface area contributed by atoms with Crippen molar-refractivity contribution in [1.82, 2.24) is 37.2 Å². The Morgan fingerprint density at radius 2 is 0.550 bits per heavy atom. The molecule has 0 unspecified atom stereocenters. The Morgan fingerprint density at radius 1 is 0.280 bits per heavy atom. The smallest absolute Gasteiger partial charge is 0.434 e. The molecule has 0 saturated heterocycles. The molecule has 7 N–H and O–H groups in total. The van der Waals surface area contributed by atoms with Crippen molar-refractivity contribution >= 4 is 59.8 Å². The quantitative estimate of drug-likeness (QED) is 0.0157. The van der Waals surface area contributed by atoms with Crippen LogP contribution in [0.1, 0.15) is 191 Å². The lowest BCUT2D eigenvalue weighted by Gasteiger charge is -2.34. The number of amides is 7. The van der Waals surface area contributed by atoms with Gasteiger partial charge in [0, 0.05) is 84.2 Å². The Kier molecular flexibility index (Phi) is 50.2. The monoisotopic (exact) mass is 1400 g/mol. The molecule has 0 aromatic heterocycles. The van der Waals surface area contributed by atoms with E-state index in [4.69, 9.17) is 42.6 Å². The Balaban J connectivity index is 1.46. The van der Waals surface area contributed by atoms with E-state index in [-0.39, 0.29) is 166 Å². The second-order valence-electron chi connectivity index (χ2n) is 24.3. The van der Waals surface area contributed by atoms with Gasteiger partial charge in [-0.1, -0.05) is 149 Å². The molecule has 0 aliphatic carbocycles. The van der Waals surface area contributed by atoms with E-state index in [1.807, 2.05) is 91.0 Å². The molecule has 0 aliphatic heterocycles. The number of carbonyl (C=O) groups is 10. The summed E-state index contributed by atoms with van der Waals surface area (Å²) in [6, 6.07) is 27.7. The van der Waals surface area contributed by atoms with Crippen LogP contribution in [-0.2, 0) is 96.0 Å². The topological polar surface area (TPSA) is 338 Å². The largest absolute Gasteiger partial charge is 0.508 e. The standard InChI is InChI=1S/C74H113N7O19/c1-2-3-4-5-6-7-8-9-19-39-70(88)81-74(59-93-53-41-68(86)79-47-28-45-77-65(83)37-21-26-50-96-72(90)99-56-62-32-15-11-16-33-62,60-94-54-42-69(87)80-48-29-46-78-66(84)38-22-27-51-97-73(91)100-57-63-34-17-12-18-35-63)58-92-52-40-67(85)76-44-24-23-43-75-64(82)36-20-25-49-95-71(89)98-55-61-30-13-10-14-31-61/h10-18,30-35H,2-9,19-29,36-60H2,1H3,(H,75,82)(H,76,85)(H,77,83)(H,78,84)(H,79,86)(H,80,87)(H,81,88). The number of hydrogen-bond acceptors (Lipinski definition) is 19. The first-order valence-electron chi connectivity index (χ1n) is 35.9. The summed E-state index contributed by atoms with van der Waals surface area (Å²) in [6.07, 6.45) is 13.4. The van der Waals surface area contributed by atoms with Crippen LogP contribution in [0.2, 0.25) is 0 Å². The maximum atomic E-state index is 13.8. The number of carbonyl (C=O) groups excluding carboxylic acids is 10. The Hall–Kier alpha value is -8.36. The molecule has 0 saturated carbocycles. The van der Waals surface area contributed by atoms with Gasteiger partial charge in [-0.05, 0) is 87.3 Å². The van der Waals surface area contributed by atoms with Gasteiger partial charge in [-0.3, -0.25) is 33.6 Å². The molecule has 3 aromatic rings. The van der Waals surface area contributed by atoms with Crippen LogP contribution in [0.15, 0.2) is 91.0 Å². The van der Waals surface area contributed by atoms with Gasteiger partial charge in [-0.25, -0.2) is 14.4 Å². The van der Waals surface area contributed by atoms with Crippen LogP contribution >= 0.6 is 0 Å². The first-order chi connectivity index (χ1) is 48.7. The summed E-state index contributed by atoms with van der Waals surface area (Å²) in [6.45, 7) is 4.45. The van der Waals surface area contributed by atoms with Gasteiger partial charge in [0.15, 0.2) is 0 Å². The van der Waals surface area contributed by atoms with Crippen molar-refractivity contribution in [2.24, 2.45) is 0 Å². The van der Waals surface area contributed by atoms with Crippen LogP contribution in [0.25, 0.3) is 0 Å². The number of unbranched alkanes of at least 4 members (excludes halogenated alkanes) is 12. The molecular weight excluding hydrogens is 1290 g/mol. The van der Waals surface area contributed by atoms with Crippen LogP contribution < -0.4 is 37.2 Å². The van der Waals surface area contributed by atoms with Gasteiger partial charge >= 0.3 is 18.5 Å². The first kappa shape index (κ1) is 85.9. The Morgan fingerprint density at radius 3 is 0.870 bits per heavy atom. The van der Waals surface area contributed by atoms with Gasteiger partial charge in [-0.15, -0.1) is 0 Å². The Bertz CT molecular complexity index is 2610. The highest BCUT2D eigenvalue weighted by molar-refractivity contribution is 5.78. The summed E-state index contributed by atoms with van der Waals surface area (Å²) in [5.74, 6) is -1.57. The van der Waals surface area contributed by atoms with Gasteiger partial charge in [0.2, 0.25) is 41.4 Å². The fraction of sp³-hybridized carbons (Fsp3) is 0.622. The van der Waals surface area contributed by atoms with Crippen LogP contribution in [0.4, 0.5) is 14.4 Å². The lowest BCUT2D eigenvalue weighted by molar-refractivity contribution is -0.130. The van der Waals surface area contributed by atoms with Crippen LogP contribution in [-0.4, -0.2) is 164 Å². The maximum Gasteiger partial charge on any atom is 0.508 e. The lowest BCUT2D eigenvalue weighted by Crippen LogP contribution is -2.58. The van der Waals surface area contributed by atoms with Crippen LogP contribution in [0.3, 0.4) is 0 Å². The third kappa shape index (κ3) is 49.2. The summed E-state index contributed by atoms with van der Waals surface area (Å²) in [5.41, 5.74) is 1.24. The second-order valence-corrected chi connectivity index (χ2v) is 24.3. The van der Waals surface area contributed by atoms with Crippen LogP contribution in [0.5, 0.6) is 0 Å². The van der Waals surface area contributed by atoms with E-state index in [1.165, 1.54) is 25.7 Å². The molecule has 0 atom stereocenters. The SMILES string of the molecule is CCCCCCCCCCCC(=O)NC(COCCC(=O)NCCCCNC(=O)CCCCOC(=O)OCc1ccccc1)(COCCC(=O)NCCCNC(=O)CCCCOC(=O)OCc1ccccc1)COCCC(=O)NCCCNC(=O)CCCCOC(=O)OCc1ccccc1. The molecule has 0 bridgehead atoms. The van der Waals surface area contributed by atoms with Gasteiger partial charge in [0.25, 0.3) is 0 Å². The molecule has 26 nitrogen and oxygen atoms in total. The molecular formula is C74H113N7O19. The maximum absolute atomic E-state index is 13.8. The van der Waals surface area contributed by atoms with Gasteiger partial charge in [0.1, 0.15) is 25.4 Å². The summed E-state index contributed by atoms with van der Waals surface area (Å²) < 4.78 is 48.9. The zero-order valence-electron chi connectivity index (χ0n) is 59.0. The number of nitrogens with one attached hydrogen (secondary N) is 7. The molecule has 26 heteroatoms. The fourth-order valence-corrected chi connectivity index (χ4v) is 9.71. The average Bonchev–Trinajstić information content (AvgIpc) is 0.924. The van der Waals surface area contributed by atoms with Crippen molar-refractivity contribution in [2.45, 2.75) is 199 Å². The van der Waals surface area contributed by atoms with E-state index in [1.54, 1.807) is 0 Å². The van der Waals surface area contributed by atoms with E-state index in [2.05, 4.69) is 44.1 Å². The number of hydrogen-bond donors (Lipinski definition) is 7. The van der Waals surface area contributed by atoms with Gasteiger partial charge in [-0.2, -0.15) is 0 Å². The summed E-state index contributed by atoms with van der Waals surface area (Å²) in [4.78, 5) is 126. The molecule has 0 spiro atoms. The number of ether oxygens (including phenoxy) is 9. The van der Waals surface area contributed by atoms with Gasteiger partial charge in [0.05, 0.1) is 59.5 Å². The highest BCUT2D eigenvalue weighted by atomic mass is 16.7. The van der Waals surface area contributed by atoms with E-state index in [0.717, 1.165) is 42.4 Å².